The molecule has 0 fully saturated rings. The number of H-pyrrole nitrogens is 1. The summed E-state index contributed by atoms with van der Waals surface area (Å²) in [5, 5.41) is 12.2. The summed E-state index contributed by atoms with van der Waals surface area (Å²) in [4.78, 5) is 16.3. The lowest BCUT2D eigenvalue weighted by atomic mass is 10.3. The lowest BCUT2D eigenvalue weighted by Crippen LogP contribution is -2.14. The molecule has 0 unspecified atom stereocenters. The van der Waals surface area contributed by atoms with Gasteiger partial charge in [0.15, 0.2) is 5.69 Å². The van der Waals surface area contributed by atoms with Crippen LogP contribution in [0.2, 0.25) is 0 Å². The molecular weight excluding hydrogens is 285 g/mol. The van der Waals surface area contributed by atoms with Crippen LogP contribution in [0.5, 0.6) is 0 Å². The van der Waals surface area contributed by atoms with Crippen molar-refractivity contribution >= 4 is 23.1 Å². The molecule has 110 valence electrons. The van der Waals surface area contributed by atoms with Gasteiger partial charge in [0, 0.05) is 18.1 Å². The SMILES string of the molecule is O=C(Nc1ccc(F)cc1)c1n[nH]cc1Nc1ccccn1. The molecule has 0 aliphatic carbocycles. The summed E-state index contributed by atoms with van der Waals surface area (Å²) in [6.07, 6.45) is 3.20. The van der Waals surface area contributed by atoms with Gasteiger partial charge in [-0.15, -0.1) is 0 Å². The Kier molecular flexibility index (Phi) is 3.78. The Bertz CT molecular complexity index is 770. The molecule has 1 aromatic carbocycles. The first-order valence-electron chi connectivity index (χ1n) is 6.51. The van der Waals surface area contributed by atoms with Gasteiger partial charge in [-0.05, 0) is 36.4 Å². The second kappa shape index (κ2) is 6.04. The number of carbonyl (C=O) groups is 1. The van der Waals surface area contributed by atoms with Crippen molar-refractivity contribution < 1.29 is 9.18 Å². The maximum Gasteiger partial charge on any atom is 0.278 e. The van der Waals surface area contributed by atoms with E-state index in [9.17, 15) is 9.18 Å². The molecule has 3 rings (SSSR count). The molecule has 6 nitrogen and oxygen atoms in total. The zero-order valence-electron chi connectivity index (χ0n) is 11.4. The first-order chi connectivity index (χ1) is 10.7. The van der Waals surface area contributed by atoms with Crippen molar-refractivity contribution in [2.75, 3.05) is 10.6 Å². The standard InChI is InChI=1S/C15H12FN5O/c16-10-4-6-11(7-5-10)19-15(22)14-12(9-18-21-14)20-13-3-1-2-8-17-13/h1-9H,(H,17,20)(H,18,21)(H,19,22). The number of hydrogen-bond acceptors (Lipinski definition) is 4. The van der Waals surface area contributed by atoms with E-state index in [1.165, 1.54) is 24.3 Å². The fraction of sp³-hybridized carbons (Fsp3) is 0. The topological polar surface area (TPSA) is 82.7 Å². The molecule has 22 heavy (non-hydrogen) atoms. The highest BCUT2D eigenvalue weighted by Gasteiger charge is 2.15. The molecule has 0 saturated heterocycles. The van der Waals surface area contributed by atoms with Crippen molar-refractivity contribution in [1.82, 2.24) is 15.2 Å². The predicted octanol–water partition coefficient (Wildman–Crippen LogP) is 2.94. The third-order valence-electron chi connectivity index (χ3n) is 2.89. The Labute approximate surface area is 125 Å². The van der Waals surface area contributed by atoms with Crippen LogP contribution in [0.3, 0.4) is 0 Å². The van der Waals surface area contributed by atoms with Crippen LogP contribution in [0.15, 0.2) is 54.9 Å². The Morgan fingerprint density at radius 3 is 2.68 bits per heavy atom. The van der Waals surface area contributed by atoms with Crippen LogP contribution in [0.4, 0.5) is 21.6 Å². The van der Waals surface area contributed by atoms with Gasteiger partial charge in [-0.1, -0.05) is 6.07 Å². The van der Waals surface area contributed by atoms with Gasteiger partial charge in [-0.3, -0.25) is 9.89 Å². The molecule has 0 aliphatic heterocycles. The summed E-state index contributed by atoms with van der Waals surface area (Å²) in [6.45, 7) is 0. The minimum Gasteiger partial charge on any atom is -0.337 e. The first kappa shape index (κ1) is 13.7. The lowest BCUT2D eigenvalue weighted by molar-refractivity contribution is 0.102. The molecule has 7 heteroatoms. The summed E-state index contributed by atoms with van der Waals surface area (Å²) >= 11 is 0. The number of pyridine rings is 1. The molecule has 1 amide bonds. The number of halogens is 1. The van der Waals surface area contributed by atoms with E-state index in [4.69, 9.17) is 0 Å². The monoisotopic (exact) mass is 297 g/mol. The van der Waals surface area contributed by atoms with Gasteiger partial charge in [-0.25, -0.2) is 9.37 Å². The summed E-state index contributed by atoms with van der Waals surface area (Å²) in [6, 6.07) is 10.9. The Hall–Kier alpha value is -3.22. The molecule has 0 spiro atoms. The number of aromatic amines is 1. The molecule has 0 bridgehead atoms. The summed E-state index contributed by atoms with van der Waals surface area (Å²) in [7, 11) is 0. The minimum absolute atomic E-state index is 0.190. The van der Waals surface area contributed by atoms with Crippen molar-refractivity contribution in [3.05, 3.63) is 66.4 Å². The molecular formula is C15H12FN5O. The normalized spacial score (nSPS) is 10.2. The number of anilines is 3. The molecule has 0 atom stereocenters. The Morgan fingerprint density at radius 1 is 1.14 bits per heavy atom. The van der Waals surface area contributed by atoms with E-state index in [1.54, 1.807) is 24.5 Å². The largest absolute Gasteiger partial charge is 0.337 e. The average Bonchev–Trinajstić information content (AvgIpc) is 2.99. The quantitative estimate of drug-likeness (QED) is 0.691. The van der Waals surface area contributed by atoms with E-state index < -0.39 is 5.91 Å². The van der Waals surface area contributed by atoms with E-state index in [2.05, 4.69) is 25.8 Å². The number of nitrogens with one attached hydrogen (secondary N) is 3. The van der Waals surface area contributed by atoms with Gasteiger partial charge in [-0.2, -0.15) is 5.10 Å². The number of carbonyl (C=O) groups excluding carboxylic acids is 1. The zero-order chi connectivity index (χ0) is 15.4. The minimum atomic E-state index is -0.411. The van der Waals surface area contributed by atoms with Gasteiger partial charge in [0.1, 0.15) is 11.6 Å². The third-order valence-corrected chi connectivity index (χ3v) is 2.89. The third kappa shape index (κ3) is 3.09. The van der Waals surface area contributed by atoms with E-state index >= 15 is 0 Å². The predicted molar refractivity (Wildman–Crippen MR) is 80.5 cm³/mol. The first-order valence-corrected chi connectivity index (χ1v) is 6.51. The highest BCUT2D eigenvalue weighted by Crippen LogP contribution is 2.18. The van der Waals surface area contributed by atoms with Gasteiger partial charge < -0.3 is 10.6 Å². The number of rotatable bonds is 4. The van der Waals surface area contributed by atoms with Crippen molar-refractivity contribution in [3.63, 3.8) is 0 Å². The fourth-order valence-electron chi connectivity index (χ4n) is 1.86. The fourth-order valence-corrected chi connectivity index (χ4v) is 1.86. The number of hydrogen-bond donors (Lipinski definition) is 3. The smallest absolute Gasteiger partial charge is 0.278 e. The van der Waals surface area contributed by atoms with Crippen LogP contribution >= 0.6 is 0 Å². The van der Waals surface area contributed by atoms with Crippen LogP contribution in [0.1, 0.15) is 10.5 Å². The summed E-state index contributed by atoms with van der Waals surface area (Å²) in [5.74, 6) is -0.179. The van der Waals surface area contributed by atoms with E-state index in [1.807, 2.05) is 6.07 Å². The highest BCUT2D eigenvalue weighted by molar-refractivity contribution is 6.06. The number of amides is 1. The molecule has 3 N–H and O–H groups in total. The van der Waals surface area contributed by atoms with Gasteiger partial charge in [0.25, 0.3) is 5.91 Å². The van der Waals surface area contributed by atoms with Crippen molar-refractivity contribution in [1.29, 1.82) is 0 Å². The highest BCUT2D eigenvalue weighted by atomic mass is 19.1. The lowest BCUT2D eigenvalue weighted by Gasteiger charge is -2.06. The molecule has 0 radical (unpaired) electrons. The van der Waals surface area contributed by atoms with Gasteiger partial charge in [0.2, 0.25) is 0 Å². The van der Waals surface area contributed by atoms with Gasteiger partial charge in [0.05, 0.1) is 5.69 Å². The van der Waals surface area contributed by atoms with E-state index in [-0.39, 0.29) is 11.5 Å². The second-order valence-electron chi connectivity index (χ2n) is 4.45. The van der Waals surface area contributed by atoms with Crippen molar-refractivity contribution in [3.8, 4) is 0 Å². The molecule has 3 aromatic rings. The van der Waals surface area contributed by atoms with Crippen molar-refractivity contribution in [2.45, 2.75) is 0 Å². The van der Waals surface area contributed by atoms with E-state index in [0.717, 1.165) is 0 Å². The molecule has 2 aromatic heterocycles. The molecule has 0 saturated carbocycles. The van der Waals surface area contributed by atoms with Crippen LogP contribution < -0.4 is 10.6 Å². The second-order valence-corrected chi connectivity index (χ2v) is 4.45. The van der Waals surface area contributed by atoms with Crippen LogP contribution in [0.25, 0.3) is 0 Å². The number of nitrogens with zero attached hydrogens (tertiary/aromatic N) is 2. The Morgan fingerprint density at radius 2 is 1.95 bits per heavy atom. The average molecular weight is 297 g/mol. The van der Waals surface area contributed by atoms with Crippen molar-refractivity contribution in [2.24, 2.45) is 0 Å². The van der Waals surface area contributed by atoms with Crippen LogP contribution in [0, 0.1) is 5.82 Å². The van der Waals surface area contributed by atoms with Gasteiger partial charge >= 0.3 is 0 Å². The van der Waals surface area contributed by atoms with E-state index in [0.29, 0.717) is 17.2 Å². The molecule has 0 aliphatic rings. The summed E-state index contributed by atoms with van der Waals surface area (Å²) < 4.78 is 12.9. The number of aromatic nitrogens is 3. The van der Waals surface area contributed by atoms with Crippen LogP contribution in [-0.2, 0) is 0 Å². The maximum absolute atomic E-state index is 12.9. The maximum atomic E-state index is 12.9. The Balaban J connectivity index is 1.76. The van der Waals surface area contributed by atoms with Crippen LogP contribution in [-0.4, -0.2) is 21.1 Å². The molecule has 2 heterocycles. The summed E-state index contributed by atoms with van der Waals surface area (Å²) in [5.41, 5.74) is 1.17. The zero-order valence-corrected chi connectivity index (χ0v) is 11.4. The number of benzene rings is 1.